The van der Waals surface area contributed by atoms with Gasteiger partial charge in [0.1, 0.15) is 17.1 Å². The lowest BCUT2D eigenvalue weighted by Crippen LogP contribution is -2.30. The van der Waals surface area contributed by atoms with Crippen molar-refractivity contribution in [3.05, 3.63) is 51.5 Å². The van der Waals surface area contributed by atoms with E-state index in [0.29, 0.717) is 10.8 Å². The number of methoxy groups -OCH3 is 2. The van der Waals surface area contributed by atoms with Gasteiger partial charge in [-0.25, -0.2) is 4.79 Å². The SMILES string of the molecule is COC(=O)c1cc(Cl)c(NC(=O)C(C)Oc2ccc(Cl)cc2C)cc1OC. The molecule has 0 saturated heterocycles. The summed E-state index contributed by atoms with van der Waals surface area (Å²) in [6, 6.07) is 7.95. The molecule has 6 nitrogen and oxygen atoms in total. The molecule has 1 unspecified atom stereocenters. The molecule has 1 N–H and O–H groups in total. The van der Waals surface area contributed by atoms with Crippen molar-refractivity contribution in [1.29, 1.82) is 0 Å². The highest BCUT2D eigenvalue weighted by Crippen LogP contribution is 2.32. The van der Waals surface area contributed by atoms with Gasteiger partial charge in [-0.2, -0.15) is 0 Å². The number of benzene rings is 2. The largest absolute Gasteiger partial charge is 0.496 e. The Morgan fingerprint density at radius 1 is 1.07 bits per heavy atom. The summed E-state index contributed by atoms with van der Waals surface area (Å²) in [6.07, 6.45) is -0.799. The first-order chi connectivity index (χ1) is 12.8. The fraction of sp³-hybridized carbons (Fsp3) is 0.263. The zero-order chi connectivity index (χ0) is 20.1. The Balaban J connectivity index is 2.18. The van der Waals surface area contributed by atoms with E-state index in [0.717, 1.165) is 5.56 Å². The molecule has 0 aliphatic rings. The fourth-order valence-electron chi connectivity index (χ4n) is 2.31. The van der Waals surface area contributed by atoms with Gasteiger partial charge in [0.25, 0.3) is 5.91 Å². The number of halogens is 2. The van der Waals surface area contributed by atoms with Crippen LogP contribution in [0, 0.1) is 6.92 Å². The van der Waals surface area contributed by atoms with Crippen LogP contribution in [0.15, 0.2) is 30.3 Å². The quantitative estimate of drug-likeness (QED) is 0.708. The molecule has 144 valence electrons. The fourth-order valence-corrected chi connectivity index (χ4v) is 2.75. The molecule has 0 radical (unpaired) electrons. The number of hydrogen-bond donors (Lipinski definition) is 1. The van der Waals surface area contributed by atoms with Crippen LogP contribution in [0.3, 0.4) is 0 Å². The van der Waals surface area contributed by atoms with Crippen molar-refractivity contribution in [3.8, 4) is 11.5 Å². The number of ether oxygens (including phenoxy) is 3. The molecule has 2 rings (SSSR count). The van der Waals surface area contributed by atoms with Gasteiger partial charge in [-0.15, -0.1) is 0 Å². The van der Waals surface area contributed by atoms with Gasteiger partial charge in [0.15, 0.2) is 6.10 Å². The van der Waals surface area contributed by atoms with E-state index in [9.17, 15) is 9.59 Å². The van der Waals surface area contributed by atoms with Crippen LogP contribution in [0.1, 0.15) is 22.8 Å². The Morgan fingerprint density at radius 2 is 1.78 bits per heavy atom. The Kier molecular flexibility index (Phi) is 6.93. The van der Waals surface area contributed by atoms with Crippen molar-refractivity contribution in [3.63, 3.8) is 0 Å². The molecule has 0 heterocycles. The predicted octanol–water partition coefficient (Wildman–Crippen LogP) is 4.50. The summed E-state index contributed by atoms with van der Waals surface area (Å²) in [4.78, 5) is 24.2. The topological polar surface area (TPSA) is 73.9 Å². The first-order valence-electron chi connectivity index (χ1n) is 7.96. The third kappa shape index (κ3) is 5.05. The van der Waals surface area contributed by atoms with Gasteiger partial charge in [0, 0.05) is 11.1 Å². The Bertz CT molecular complexity index is 869. The maximum absolute atomic E-state index is 12.5. The van der Waals surface area contributed by atoms with Gasteiger partial charge in [-0.3, -0.25) is 4.79 Å². The number of aryl methyl sites for hydroxylation is 1. The third-order valence-corrected chi connectivity index (χ3v) is 4.31. The number of amides is 1. The molecule has 27 heavy (non-hydrogen) atoms. The average Bonchev–Trinajstić information content (AvgIpc) is 2.64. The summed E-state index contributed by atoms with van der Waals surface area (Å²) in [7, 11) is 2.65. The monoisotopic (exact) mass is 411 g/mol. The first-order valence-corrected chi connectivity index (χ1v) is 8.72. The number of nitrogens with one attached hydrogen (secondary N) is 1. The lowest BCUT2D eigenvalue weighted by Gasteiger charge is -2.18. The van der Waals surface area contributed by atoms with Crippen molar-refractivity contribution >= 4 is 40.8 Å². The molecule has 1 atom stereocenters. The second kappa shape index (κ2) is 8.97. The zero-order valence-corrected chi connectivity index (χ0v) is 16.8. The minimum Gasteiger partial charge on any atom is -0.496 e. The smallest absolute Gasteiger partial charge is 0.341 e. The summed E-state index contributed by atoms with van der Waals surface area (Å²) < 4.78 is 15.5. The van der Waals surface area contributed by atoms with Crippen LogP contribution in [0.5, 0.6) is 11.5 Å². The van der Waals surface area contributed by atoms with Gasteiger partial charge in [-0.1, -0.05) is 23.2 Å². The molecule has 0 saturated carbocycles. The van der Waals surface area contributed by atoms with Crippen LogP contribution >= 0.6 is 23.2 Å². The molecular weight excluding hydrogens is 393 g/mol. The van der Waals surface area contributed by atoms with Gasteiger partial charge in [-0.05, 0) is 43.7 Å². The molecule has 2 aromatic carbocycles. The van der Waals surface area contributed by atoms with E-state index in [4.69, 9.17) is 32.7 Å². The maximum atomic E-state index is 12.5. The normalized spacial score (nSPS) is 11.5. The van der Waals surface area contributed by atoms with E-state index in [1.165, 1.54) is 26.4 Å². The minimum absolute atomic E-state index is 0.157. The van der Waals surface area contributed by atoms with E-state index in [2.05, 4.69) is 10.1 Å². The minimum atomic E-state index is -0.799. The van der Waals surface area contributed by atoms with Crippen LogP contribution in [0.25, 0.3) is 0 Å². The van der Waals surface area contributed by atoms with E-state index in [1.54, 1.807) is 25.1 Å². The van der Waals surface area contributed by atoms with Crippen molar-refractivity contribution in [2.24, 2.45) is 0 Å². The van der Waals surface area contributed by atoms with Crippen molar-refractivity contribution in [1.82, 2.24) is 0 Å². The summed E-state index contributed by atoms with van der Waals surface area (Å²) in [5, 5.41) is 3.42. The Morgan fingerprint density at radius 3 is 2.37 bits per heavy atom. The second-order valence-corrected chi connectivity index (χ2v) is 6.53. The molecule has 0 aliphatic carbocycles. The molecule has 0 aliphatic heterocycles. The zero-order valence-electron chi connectivity index (χ0n) is 15.3. The predicted molar refractivity (Wildman–Crippen MR) is 104 cm³/mol. The van der Waals surface area contributed by atoms with Gasteiger partial charge < -0.3 is 19.5 Å². The van der Waals surface area contributed by atoms with E-state index < -0.39 is 18.0 Å². The lowest BCUT2D eigenvalue weighted by atomic mass is 10.1. The molecule has 0 bridgehead atoms. The second-order valence-electron chi connectivity index (χ2n) is 5.68. The van der Waals surface area contributed by atoms with Crippen molar-refractivity contribution < 1.29 is 23.8 Å². The van der Waals surface area contributed by atoms with Crippen LogP contribution in [0.2, 0.25) is 10.0 Å². The molecule has 8 heteroatoms. The highest BCUT2D eigenvalue weighted by Gasteiger charge is 2.20. The Hall–Kier alpha value is -2.44. The Labute approximate surface area is 167 Å². The van der Waals surface area contributed by atoms with Crippen molar-refractivity contribution in [2.75, 3.05) is 19.5 Å². The number of rotatable bonds is 6. The molecule has 0 fully saturated rings. The van der Waals surface area contributed by atoms with Gasteiger partial charge in [0.2, 0.25) is 0 Å². The maximum Gasteiger partial charge on any atom is 0.341 e. The summed E-state index contributed by atoms with van der Waals surface area (Å²) in [5.41, 5.74) is 1.25. The number of hydrogen-bond acceptors (Lipinski definition) is 5. The summed E-state index contributed by atoms with van der Waals surface area (Å²) >= 11 is 12.1. The molecule has 1 amide bonds. The molecular formula is C19H19Cl2NO5. The van der Waals surface area contributed by atoms with Crippen molar-refractivity contribution in [2.45, 2.75) is 20.0 Å². The van der Waals surface area contributed by atoms with Gasteiger partial charge >= 0.3 is 5.97 Å². The van der Waals surface area contributed by atoms with Crippen LogP contribution in [-0.2, 0) is 9.53 Å². The molecule has 2 aromatic rings. The molecule has 0 aromatic heterocycles. The van der Waals surface area contributed by atoms with Gasteiger partial charge in [0.05, 0.1) is 24.9 Å². The highest BCUT2D eigenvalue weighted by molar-refractivity contribution is 6.34. The standard InChI is InChI=1S/C19H19Cl2NO5/c1-10-7-12(20)5-6-16(10)27-11(2)18(23)22-15-9-17(25-3)13(8-14(15)21)19(24)26-4/h5-9,11H,1-4H3,(H,22,23). The van der Waals surface area contributed by atoms with Crippen LogP contribution in [0.4, 0.5) is 5.69 Å². The van der Waals surface area contributed by atoms with Crippen LogP contribution < -0.4 is 14.8 Å². The summed E-state index contributed by atoms with van der Waals surface area (Å²) in [6.45, 7) is 3.44. The number of carbonyl (C=O) groups excluding carboxylic acids is 2. The number of anilines is 1. The molecule has 0 spiro atoms. The lowest BCUT2D eigenvalue weighted by molar-refractivity contribution is -0.122. The van der Waals surface area contributed by atoms with E-state index in [-0.39, 0.29) is 22.0 Å². The third-order valence-electron chi connectivity index (χ3n) is 3.76. The first kappa shape index (κ1) is 20.9. The van der Waals surface area contributed by atoms with E-state index >= 15 is 0 Å². The average molecular weight is 412 g/mol. The summed E-state index contributed by atoms with van der Waals surface area (Å²) in [5.74, 6) is -0.240. The highest BCUT2D eigenvalue weighted by atomic mass is 35.5. The van der Waals surface area contributed by atoms with E-state index in [1.807, 2.05) is 6.92 Å². The van der Waals surface area contributed by atoms with Crippen LogP contribution in [-0.4, -0.2) is 32.2 Å². The number of carbonyl (C=O) groups is 2. The number of esters is 1.